The summed E-state index contributed by atoms with van der Waals surface area (Å²) in [4.78, 5) is 4.44. The van der Waals surface area contributed by atoms with E-state index in [9.17, 15) is 8.42 Å². The zero-order valence-corrected chi connectivity index (χ0v) is 13.7. The van der Waals surface area contributed by atoms with Crippen LogP contribution in [-0.4, -0.2) is 37.9 Å². The van der Waals surface area contributed by atoms with Crippen LogP contribution in [0.15, 0.2) is 47.5 Å². The van der Waals surface area contributed by atoms with Crippen molar-refractivity contribution >= 4 is 21.5 Å². The summed E-state index contributed by atoms with van der Waals surface area (Å²) in [6, 6.07) is 10.7. The molecule has 1 saturated heterocycles. The summed E-state index contributed by atoms with van der Waals surface area (Å²) in [5.74, 6) is 1.37. The van der Waals surface area contributed by atoms with Crippen molar-refractivity contribution in [2.24, 2.45) is 0 Å². The topological polar surface area (TPSA) is 71.5 Å². The van der Waals surface area contributed by atoms with Gasteiger partial charge in [0.25, 0.3) is 0 Å². The lowest BCUT2D eigenvalue weighted by atomic mass is 10.3. The third-order valence-electron chi connectivity index (χ3n) is 3.80. The number of sulfonamides is 1. The van der Waals surface area contributed by atoms with Gasteiger partial charge in [-0.25, -0.2) is 13.4 Å². The van der Waals surface area contributed by atoms with E-state index in [1.807, 2.05) is 24.3 Å². The molecule has 0 atom stereocenters. The number of methoxy groups -OCH3 is 1. The highest BCUT2D eigenvalue weighted by Crippen LogP contribution is 2.22. The first kappa shape index (κ1) is 15.8. The van der Waals surface area contributed by atoms with Gasteiger partial charge in [0.2, 0.25) is 10.0 Å². The largest absolute Gasteiger partial charge is 0.497 e. The van der Waals surface area contributed by atoms with E-state index in [-0.39, 0.29) is 4.90 Å². The third-order valence-corrected chi connectivity index (χ3v) is 5.68. The van der Waals surface area contributed by atoms with E-state index < -0.39 is 10.0 Å². The molecule has 0 amide bonds. The van der Waals surface area contributed by atoms with E-state index in [1.54, 1.807) is 19.2 Å². The molecule has 1 aliphatic heterocycles. The van der Waals surface area contributed by atoms with Crippen molar-refractivity contribution in [3.05, 3.63) is 42.6 Å². The molecule has 0 radical (unpaired) electrons. The fourth-order valence-corrected chi connectivity index (χ4v) is 3.97. The maximum Gasteiger partial charge on any atom is 0.244 e. The number of pyridine rings is 1. The summed E-state index contributed by atoms with van der Waals surface area (Å²) < 4.78 is 31.5. The zero-order valence-electron chi connectivity index (χ0n) is 12.9. The molecule has 2 heterocycles. The first-order valence-corrected chi connectivity index (χ1v) is 8.91. The van der Waals surface area contributed by atoms with Crippen molar-refractivity contribution in [3.8, 4) is 5.75 Å². The van der Waals surface area contributed by atoms with Crippen LogP contribution in [0, 0.1) is 0 Å². The Morgan fingerprint density at radius 1 is 1.09 bits per heavy atom. The maximum atomic E-state index is 12.4. The zero-order chi connectivity index (χ0) is 16.3. The Hall–Kier alpha value is -2.12. The summed E-state index contributed by atoms with van der Waals surface area (Å²) in [6.45, 7) is 1.18. The maximum absolute atomic E-state index is 12.4. The summed E-state index contributed by atoms with van der Waals surface area (Å²) >= 11 is 0. The Kier molecular flexibility index (Phi) is 4.49. The highest BCUT2D eigenvalue weighted by atomic mass is 32.2. The van der Waals surface area contributed by atoms with Crippen molar-refractivity contribution in [2.75, 3.05) is 25.5 Å². The predicted molar refractivity (Wildman–Crippen MR) is 88.5 cm³/mol. The molecule has 122 valence electrons. The number of nitrogens with zero attached hydrogens (tertiary/aromatic N) is 2. The molecule has 1 fully saturated rings. The van der Waals surface area contributed by atoms with E-state index in [0.717, 1.165) is 24.3 Å². The molecule has 0 unspecified atom stereocenters. The van der Waals surface area contributed by atoms with E-state index >= 15 is 0 Å². The Morgan fingerprint density at radius 3 is 2.35 bits per heavy atom. The molecule has 6 nitrogen and oxygen atoms in total. The van der Waals surface area contributed by atoms with E-state index in [1.165, 1.54) is 10.5 Å². The molecule has 0 aliphatic carbocycles. The number of rotatable bonds is 5. The van der Waals surface area contributed by atoms with Gasteiger partial charge in [0.1, 0.15) is 16.5 Å². The molecule has 0 saturated carbocycles. The van der Waals surface area contributed by atoms with Crippen LogP contribution in [0.25, 0.3) is 0 Å². The van der Waals surface area contributed by atoms with E-state index in [4.69, 9.17) is 4.74 Å². The monoisotopic (exact) mass is 333 g/mol. The fourth-order valence-electron chi connectivity index (χ4n) is 2.51. The Balaban J connectivity index is 1.73. The summed E-state index contributed by atoms with van der Waals surface area (Å²) in [5, 5.41) is 3.13. The number of hydrogen-bond donors (Lipinski definition) is 1. The standard InChI is InChI=1S/C16H19N3O3S/c1-22-14-6-4-13(5-7-14)18-16-9-8-15(12-17-16)23(20,21)19-10-2-3-11-19/h4-9,12H,2-3,10-11H2,1H3,(H,17,18). The van der Waals surface area contributed by atoms with Crippen LogP contribution in [-0.2, 0) is 10.0 Å². The minimum absolute atomic E-state index is 0.236. The van der Waals surface area contributed by atoms with Crippen LogP contribution in [0.3, 0.4) is 0 Å². The number of aromatic nitrogens is 1. The first-order chi connectivity index (χ1) is 11.1. The molecule has 7 heteroatoms. The second-order valence-corrected chi connectivity index (χ2v) is 7.28. The SMILES string of the molecule is COc1ccc(Nc2ccc(S(=O)(=O)N3CCCC3)cn2)cc1. The Labute approximate surface area is 136 Å². The van der Waals surface area contributed by atoms with E-state index in [0.29, 0.717) is 18.9 Å². The molecule has 3 rings (SSSR count). The Morgan fingerprint density at radius 2 is 1.78 bits per heavy atom. The van der Waals surface area contributed by atoms with Gasteiger partial charge in [0, 0.05) is 25.0 Å². The lowest BCUT2D eigenvalue weighted by Crippen LogP contribution is -2.27. The molecule has 0 bridgehead atoms. The lowest BCUT2D eigenvalue weighted by molar-refractivity contribution is 0.415. The molecule has 0 spiro atoms. The van der Waals surface area contributed by atoms with Gasteiger partial charge in [-0.05, 0) is 49.2 Å². The Bertz CT molecular complexity index is 752. The first-order valence-electron chi connectivity index (χ1n) is 7.47. The van der Waals surface area contributed by atoms with Gasteiger partial charge in [0.15, 0.2) is 0 Å². The highest BCUT2D eigenvalue weighted by molar-refractivity contribution is 7.89. The van der Waals surface area contributed by atoms with Crippen LogP contribution in [0.5, 0.6) is 5.75 Å². The highest BCUT2D eigenvalue weighted by Gasteiger charge is 2.27. The van der Waals surface area contributed by atoms with Gasteiger partial charge in [0.05, 0.1) is 7.11 Å². The van der Waals surface area contributed by atoms with Crippen LogP contribution < -0.4 is 10.1 Å². The second kappa shape index (κ2) is 6.55. The molecule has 2 aromatic rings. The minimum Gasteiger partial charge on any atom is -0.497 e. The average Bonchev–Trinajstić information content (AvgIpc) is 3.11. The fraction of sp³-hybridized carbons (Fsp3) is 0.312. The van der Waals surface area contributed by atoms with Crippen molar-refractivity contribution < 1.29 is 13.2 Å². The molecule has 23 heavy (non-hydrogen) atoms. The van der Waals surface area contributed by atoms with E-state index in [2.05, 4.69) is 10.3 Å². The lowest BCUT2D eigenvalue weighted by Gasteiger charge is -2.15. The third kappa shape index (κ3) is 3.46. The average molecular weight is 333 g/mol. The van der Waals surface area contributed by atoms with Crippen LogP contribution in [0.4, 0.5) is 11.5 Å². The number of anilines is 2. The van der Waals surface area contributed by atoms with Gasteiger partial charge in [-0.15, -0.1) is 0 Å². The predicted octanol–water partition coefficient (Wildman–Crippen LogP) is 2.62. The van der Waals surface area contributed by atoms with Crippen LogP contribution in [0.1, 0.15) is 12.8 Å². The number of benzene rings is 1. The van der Waals surface area contributed by atoms with Crippen molar-refractivity contribution in [3.63, 3.8) is 0 Å². The molecular weight excluding hydrogens is 314 g/mol. The van der Waals surface area contributed by atoms with Gasteiger partial charge >= 0.3 is 0 Å². The summed E-state index contributed by atoms with van der Waals surface area (Å²) in [6.07, 6.45) is 3.24. The quantitative estimate of drug-likeness (QED) is 0.911. The summed E-state index contributed by atoms with van der Waals surface area (Å²) in [7, 11) is -1.80. The second-order valence-electron chi connectivity index (χ2n) is 5.34. The molecule has 1 aliphatic rings. The van der Waals surface area contributed by atoms with Gasteiger partial charge in [-0.3, -0.25) is 0 Å². The summed E-state index contributed by atoms with van der Waals surface area (Å²) in [5.41, 5.74) is 0.855. The van der Waals surface area contributed by atoms with Crippen molar-refractivity contribution in [1.82, 2.24) is 9.29 Å². The minimum atomic E-state index is -3.41. The normalized spacial score (nSPS) is 15.5. The molecule has 1 aromatic heterocycles. The van der Waals surface area contributed by atoms with Crippen molar-refractivity contribution in [1.29, 1.82) is 0 Å². The van der Waals surface area contributed by atoms with Gasteiger partial charge in [-0.2, -0.15) is 4.31 Å². The molecule has 1 N–H and O–H groups in total. The number of ether oxygens (including phenoxy) is 1. The van der Waals surface area contributed by atoms with Gasteiger partial charge < -0.3 is 10.1 Å². The van der Waals surface area contributed by atoms with Crippen LogP contribution in [0.2, 0.25) is 0 Å². The van der Waals surface area contributed by atoms with Gasteiger partial charge in [-0.1, -0.05) is 0 Å². The molecule has 1 aromatic carbocycles. The number of hydrogen-bond acceptors (Lipinski definition) is 5. The number of nitrogens with one attached hydrogen (secondary N) is 1. The van der Waals surface area contributed by atoms with Crippen molar-refractivity contribution in [2.45, 2.75) is 17.7 Å². The molecular formula is C16H19N3O3S. The smallest absolute Gasteiger partial charge is 0.244 e. The van der Waals surface area contributed by atoms with Crippen LogP contribution >= 0.6 is 0 Å².